The Balaban J connectivity index is 2.67. The Morgan fingerprint density at radius 1 is 1.42 bits per heavy atom. The van der Waals surface area contributed by atoms with Gasteiger partial charge in [0.25, 0.3) is 0 Å². The molecule has 0 saturated carbocycles. The molecule has 0 amide bonds. The smallest absolute Gasteiger partial charge is 0.121 e. The van der Waals surface area contributed by atoms with Crippen LogP contribution in [0.15, 0.2) is 24.3 Å². The monoisotopic (exact) mass is 166 g/mol. The van der Waals surface area contributed by atoms with Crippen molar-refractivity contribution in [2.24, 2.45) is 0 Å². The Labute approximate surface area is 72.7 Å². The van der Waals surface area contributed by atoms with Crippen LogP contribution < -0.4 is 15.6 Å². The zero-order chi connectivity index (χ0) is 8.81. The first-order valence-corrected chi connectivity index (χ1v) is 4.02. The van der Waals surface area contributed by atoms with Crippen molar-refractivity contribution >= 4 is 5.69 Å². The van der Waals surface area contributed by atoms with Crippen LogP contribution in [0.1, 0.15) is 6.92 Å². The summed E-state index contributed by atoms with van der Waals surface area (Å²) in [5.74, 6) is 0.887. The molecule has 0 atom stereocenters. The van der Waals surface area contributed by atoms with Gasteiger partial charge in [-0.05, 0) is 19.1 Å². The van der Waals surface area contributed by atoms with Gasteiger partial charge in [0.2, 0.25) is 0 Å². The van der Waals surface area contributed by atoms with E-state index in [4.69, 9.17) is 4.74 Å². The van der Waals surface area contributed by atoms with Gasteiger partial charge in [-0.3, -0.25) is 0 Å². The second kappa shape index (κ2) is 4.62. The maximum atomic E-state index is 5.33. The Hall–Kier alpha value is -1.22. The fourth-order valence-electron chi connectivity index (χ4n) is 0.975. The third-order valence-electron chi connectivity index (χ3n) is 1.41. The van der Waals surface area contributed by atoms with E-state index in [1.54, 1.807) is 0 Å². The largest absolute Gasteiger partial charge is 0.494 e. The van der Waals surface area contributed by atoms with E-state index in [9.17, 15) is 0 Å². The summed E-state index contributed by atoms with van der Waals surface area (Å²) in [4.78, 5) is 0. The zero-order valence-electron chi connectivity index (χ0n) is 7.42. The highest BCUT2D eigenvalue weighted by Crippen LogP contribution is 2.16. The van der Waals surface area contributed by atoms with Crippen LogP contribution in [0.4, 0.5) is 5.69 Å². The molecule has 0 bridgehead atoms. The molecule has 0 aliphatic rings. The molecular weight excluding hydrogens is 152 g/mol. The van der Waals surface area contributed by atoms with Gasteiger partial charge in [0.05, 0.1) is 12.3 Å². The van der Waals surface area contributed by atoms with E-state index in [0.717, 1.165) is 11.4 Å². The van der Waals surface area contributed by atoms with Gasteiger partial charge >= 0.3 is 0 Å². The van der Waals surface area contributed by atoms with Crippen molar-refractivity contribution in [2.45, 2.75) is 6.92 Å². The van der Waals surface area contributed by atoms with E-state index in [2.05, 4.69) is 10.9 Å². The third-order valence-corrected chi connectivity index (χ3v) is 1.41. The molecule has 0 aliphatic carbocycles. The van der Waals surface area contributed by atoms with Crippen LogP contribution in [-0.4, -0.2) is 13.7 Å². The van der Waals surface area contributed by atoms with Gasteiger partial charge < -0.3 is 10.2 Å². The van der Waals surface area contributed by atoms with Crippen LogP contribution in [0.3, 0.4) is 0 Å². The molecule has 0 heterocycles. The van der Waals surface area contributed by atoms with Crippen LogP contribution in [0, 0.1) is 0 Å². The lowest BCUT2D eigenvalue weighted by Gasteiger charge is -2.06. The topological polar surface area (TPSA) is 33.3 Å². The van der Waals surface area contributed by atoms with Crippen LogP contribution in [-0.2, 0) is 0 Å². The second-order valence-corrected chi connectivity index (χ2v) is 2.34. The SMILES string of the molecule is CCOc1cccc(NNC)c1. The molecule has 0 unspecified atom stereocenters. The number of ether oxygens (including phenoxy) is 1. The normalized spacial score (nSPS) is 9.50. The molecule has 0 aromatic heterocycles. The highest BCUT2D eigenvalue weighted by atomic mass is 16.5. The summed E-state index contributed by atoms with van der Waals surface area (Å²) in [6.45, 7) is 2.67. The van der Waals surface area contributed by atoms with E-state index >= 15 is 0 Å². The first-order chi connectivity index (χ1) is 5.86. The lowest BCUT2D eigenvalue weighted by atomic mass is 10.3. The third kappa shape index (κ3) is 2.43. The number of nitrogens with one attached hydrogen (secondary N) is 2. The molecule has 66 valence electrons. The van der Waals surface area contributed by atoms with Crippen molar-refractivity contribution in [1.82, 2.24) is 5.43 Å². The molecule has 1 aromatic rings. The van der Waals surface area contributed by atoms with Crippen LogP contribution in [0.25, 0.3) is 0 Å². The molecule has 0 saturated heterocycles. The predicted molar refractivity (Wildman–Crippen MR) is 50.3 cm³/mol. The summed E-state index contributed by atoms with van der Waals surface area (Å²) in [5, 5.41) is 0. The summed E-state index contributed by atoms with van der Waals surface area (Å²) in [5.41, 5.74) is 6.83. The maximum absolute atomic E-state index is 5.33. The van der Waals surface area contributed by atoms with Crippen molar-refractivity contribution in [1.29, 1.82) is 0 Å². The lowest BCUT2D eigenvalue weighted by molar-refractivity contribution is 0.340. The fourth-order valence-corrected chi connectivity index (χ4v) is 0.975. The summed E-state index contributed by atoms with van der Waals surface area (Å²) >= 11 is 0. The van der Waals surface area contributed by atoms with E-state index in [0.29, 0.717) is 6.61 Å². The van der Waals surface area contributed by atoms with Crippen molar-refractivity contribution in [2.75, 3.05) is 19.1 Å². The average molecular weight is 166 g/mol. The van der Waals surface area contributed by atoms with Crippen molar-refractivity contribution in [3.05, 3.63) is 24.3 Å². The standard InChI is InChI=1S/C9H14N2O/c1-3-12-9-6-4-5-8(7-9)11-10-2/h4-7,10-11H,3H2,1-2H3. The van der Waals surface area contributed by atoms with Gasteiger partial charge in [-0.15, -0.1) is 0 Å². The second-order valence-electron chi connectivity index (χ2n) is 2.34. The highest BCUT2D eigenvalue weighted by molar-refractivity contribution is 5.47. The van der Waals surface area contributed by atoms with Gasteiger partial charge in [0.15, 0.2) is 0 Å². The molecule has 0 spiro atoms. The summed E-state index contributed by atoms with van der Waals surface area (Å²) in [6, 6.07) is 7.80. The summed E-state index contributed by atoms with van der Waals surface area (Å²) < 4.78 is 5.33. The van der Waals surface area contributed by atoms with Gasteiger partial charge in [-0.25, -0.2) is 5.43 Å². The van der Waals surface area contributed by atoms with E-state index in [1.807, 2.05) is 38.2 Å². The van der Waals surface area contributed by atoms with Crippen LogP contribution in [0.5, 0.6) is 5.75 Å². The molecule has 1 rings (SSSR count). The Kier molecular flexibility index (Phi) is 3.41. The van der Waals surface area contributed by atoms with Crippen LogP contribution in [0.2, 0.25) is 0 Å². The van der Waals surface area contributed by atoms with Gasteiger partial charge in [0.1, 0.15) is 5.75 Å². The molecule has 12 heavy (non-hydrogen) atoms. The molecule has 0 radical (unpaired) electrons. The zero-order valence-corrected chi connectivity index (χ0v) is 7.42. The first-order valence-electron chi connectivity index (χ1n) is 4.02. The van der Waals surface area contributed by atoms with Crippen molar-refractivity contribution in [3.8, 4) is 5.75 Å². The quantitative estimate of drug-likeness (QED) is 0.667. The number of rotatable bonds is 4. The first kappa shape index (κ1) is 8.87. The van der Waals surface area contributed by atoms with Crippen molar-refractivity contribution in [3.63, 3.8) is 0 Å². The van der Waals surface area contributed by atoms with Gasteiger partial charge in [0, 0.05) is 13.1 Å². The molecule has 1 aromatic carbocycles. The Morgan fingerprint density at radius 2 is 2.25 bits per heavy atom. The summed E-state index contributed by atoms with van der Waals surface area (Å²) in [7, 11) is 1.83. The average Bonchev–Trinajstić information content (AvgIpc) is 2.06. The minimum Gasteiger partial charge on any atom is -0.494 e. The lowest BCUT2D eigenvalue weighted by Crippen LogP contribution is -2.14. The Morgan fingerprint density at radius 3 is 2.92 bits per heavy atom. The van der Waals surface area contributed by atoms with E-state index in [-0.39, 0.29) is 0 Å². The fraction of sp³-hybridized carbons (Fsp3) is 0.333. The molecule has 3 heteroatoms. The number of hydrazine groups is 1. The van der Waals surface area contributed by atoms with Crippen molar-refractivity contribution < 1.29 is 4.74 Å². The minimum atomic E-state index is 0.697. The number of hydrogen-bond acceptors (Lipinski definition) is 3. The van der Waals surface area contributed by atoms with Gasteiger partial charge in [-0.1, -0.05) is 6.07 Å². The number of hydrogen-bond donors (Lipinski definition) is 2. The molecular formula is C9H14N2O. The summed E-state index contributed by atoms with van der Waals surface area (Å²) in [6.07, 6.45) is 0. The Bertz CT molecular complexity index is 216. The highest BCUT2D eigenvalue weighted by Gasteiger charge is 1.93. The minimum absolute atomic E-state index is 0.697. The molecule has 0 aliphatic heterocycles. The molecule has 2 N–H and O–H groups in total. The molecule has 0 fully saturated rings. The molecule has 3 nitrogen and oxygen atoms in total. The maximum Gasteiger partial charge on any atom is 0.121 e. The van der Waals surface area contributed by atoms with Gasteiger partial charge in [-0.2, -0.15) is 0 Å². The van der Waals surface area contributed by atoms with E-state index in [1.165, 1.54) is 0 Å². The van der Waals surface area contributed by atoms with E-state index < -0.39 is 0 Å². The number of anilines is 1. The van der Waals surface area contributed by atoms with Crippen LogP contribution >= 0.6 is 0 Å². The number of benzene rings is 1. The predicted octanol–water partition coefficient (Wildman–Crippen LogP) is 1.63.